The summed E-state index contributed by atoms with van der Waals surface area (Å²) in [4.78, 5) is 53.0. The van der Waals surface area contributed by atoms with Crippen molar-refractivity contribution in [1.29, 1.82) is 0 Å². The number of carbonyl (C=O) groups excluding carboxylic acids is 4. The van der Waals surface area contributed by atoms with Gasteiger partial charge in [0.2, 0.25) is 5.91 Å². The molecule has 0 aliphatic heterocycles. The molecule has 0 unspecified atom stereocenters. The fraction of sp³-hybridized carbons (Fsp3) is 0.444. The minimum absolute atomic E-state index is 0.106. The van der Waals surface area contributed by atoms with Crippen molar-refractivity contribution < 1.29 is 33.4 Å². The highest BCUT2D eigenvalue weighted by Crippen LogP contribution is 2.18. The van der Waals surface area contributed by atoms with Crippen LogP contribution in [0.15, 0.2) is 48.8 Å². The number of esters is 1. The summed E-state index contributed by atoms with van der Waals surface area (Å²) in [5.41, 5.74) is 1.34. The van der Waals surface area contributed by atoms with Crippen LogP contribution in [0.1, 0.15) is 51.2 Å². The summed E-state index contributed by atoms with van der Waals surface area (Å²) in [6, 6.07) is 9.63. The molecule has 1 heterocycles. The number of methoxy groups -OCH3 is 1. The molecule has 0 saturated carbocycles. The number of rotatable bonds is 12. The summed E-state index contributed by atoms with van der Waals surface area (Å²) >= 11 is 0. The molecule has 3 N–H and O–H groups in total. The van der Waals surface area contributed by atoms with Crippen molar-refractivity contribution in [3.05, 3.63) is 59.9 Å². The number of hydrogen-bond acceptors (Lipinski definition) is 8. The van der Waals surface area contributed by atoms with Gasteiger partial charge in [-0.3, -0.25) is 14.6 Å². The van der Waals surface area contributed by atoms with Crippen LogP contribution in [0.25, 0.3) is 0 Å². The number of carbonyl (C=O) groups is 4. The third kappa shape index (κ3) is 11.7. The lowest BCUT2D eigenvalue weighted by atomic mass is 10.1. The average Bonchev–Trinajstić information content (AvgIpc) is 2.88. The second-order valence-electron chi connectivity index (χ2n) is 9.42. The number of amides is 3. The van der Waals surface area contributed by atoms with E-state index >= 15 is 0 Å². The Bertz CT molecular complexity index is 1070. The second kappa shape index (κ2) is 15.2. The Kier molecular flexibility index (Phi) is 12.0. The zero-order chi connectivity index (χ0) is 28.0. The van der Waals surface area contributed by atoms with Crippen LogP contribution >= 0.6 is 0 Å². The number of anilines is 1. The van der Waals surface area contributed by atoms with E-state index in [9.17, 15) is 19.2 Å². The molecule has 11 nitrogen and oxygen atoms in total. The van der Waals surface area contributed by atoms with E-state index in [1.807, 2.05) is 0 Å². The Morgan fingerprint density at radius 1 is 1.00 bits per heavy atom. The molecule has 38 heavy (non-hydrogen) atoms. The van der Waals surface area contributed by atoms with Gasteiger partial charge in [-0.1, -0.05) is 18.2 Å². The van der Waals surface area contributed by atoms with Crippen LogP contribution in [0, 0.1) is 0 Å². The molecule has 0 fully saturated rings. The van der Waals surface area contributed by atoms with Crippen molar-refractivity contribution in [3.63, 3.8) is 0 Å². The van der Waals surface area contributed by atoms with Crippen molar-refractivity contribution in [2.75, 3.05) is 19.0 Å². The molecule has 206 valence electrons. The molecule has 0 radical (unpaired) electrons. The van der Waals surface area contributed by atoms with E-state index in [0.717, 1.165) is 11.1 Å². The number of hydrogen-bond donors (Lipinski definition) is 3. The normalized spacial score (nSPS) is 11.6. The minimum Gasteiger partial charge on any atom is -0.469 e. The molecule has 0 bridgehead atoms. The predicted octanol–water partition coefficient (Wildman–Crippen LogP) is 3.73. The summed E-state index contributed by atoms with van der Waals surface area (Å²) in [6.07, 6.45) is 3.02. The second-order valence-corrected chi connectivity index (χ2v) is 9.42. The molecule has 0 aliphatic carbocycles. The lowest BCUT2D eigenvalue weighted by Crippen LogP contribution is -2.46. The van der Waals surface area contributed by atoms with Crippen molar-refractivity contribution in [3.8, 4) is 0 Å². The summed E-state index contributed by atoms with van der Waals surface area (Å²) in [7, 11) is 1.32. The Labute approximate surface area is 222 Å². The fourth-order valence-electron chi connectivity index (χ4n) is 3.31. The van der Waals surface area contributed by atoms with Crippen LogP contribution in [0.3, 0.4) is 0 Å². The molecule has 2 aromatic rings. The van der Waals surface area contributed by atoms with Crippen LogP contribution in [-0.2, 0) is 36.8 Å². The van der Waals surface area contributed by atoms with Crippen LogP contribution in [-0.4, -0.2) is 54.3 Å². The van der Waals surface area contributed by atoms with E-state index < -0.39 is 29.7 Å². The number of ether oxygens (including phenoxy) is 3. The Morgan fingerprint density at radius 2 is 1.71 bits per heavy atom. The molecular weight excluding hydrogens is 492 g/mol. The predicted molar refractivity (Wildman–Crippen MR) is 140 cm³/mol. The third-order valence-electron chi connectivity index (χ3n) is 5.17. The van der Waals surface area contributed by atoms with E-state index in [4.69, 9.17) is 14.2 Å². The maximum atomic E-state index is 13.2. The number of aryl methyl sites for hydroxylation is 1. The van der Waals surface area contributed by atoms with Gasteiger partial charge in [-0.15, -0.1) is 0 Å². The van der Waals surface area contributed by atoms with Crippen LogP contribution < -0.4 is 16.0 Å². The number of nitrogens with zero attached hydrogens (tertiary/aromatic N) is 1. The number of aromatic nitrogens is 1. The topological polar surface area (TPSA) is 145 Å². The van der Waals surface area contributed by atoms with Crippen molar-refractivity contribution in [2.24, 2.45) is 0 Å². The van der Waals surface area contributed by atoms with E-state index in [2.05, 4.69) is 20.9 Å². The Hall–Kier alpha value is -4.15. The van der Waals surface area contributed by atoms with Crippen LogP contribution in [0.4, 0.5) is 15.3 Å². The average molecular weight is 529 g/mol. The first-order valence-electron chi connectivity index (χ1n) is 12.3. The van der Waals surface area contributed by atoms with Gasteiger partial charge >= 0.3 is 18.2 Å². The molecule has 2 rings (SSSR count). The standard InChI is InChI=1S/C27H36N4O7/c1-27(2,3)38-26(35)31-22(10-7-15-29-25(34)37-18-19-13-16-28-17-14-19)24(33)30-21-9-6-5-8-20(21)11-12-23(32)36-4/h5-6,8-9,13-14,16-17,22H,7,10-12,15,18H2,1-4H3,(H,29,34)(H,30,33)(H,31,35)/t22-/m0/s1. The van der Waals surface area contributed by atoms with Gasteiger partial charge < -0.3 is 30.2 Å². The van der Waals surface area contributed by atoms with E-state index in [1.165, 1.54) is 7.11 Å². The zero-order valence-corrected chi connectivity index (χ0v) is 22.2. The molecule has 0 saturated heterocycles. The van der Waals surface area contributed by atoms with Gasteiger partial charge in [0.15, 0.2) is 0 Å². The summed E-state index contributed by atoms with van der Waals surface area (Å²) in [6.45, 7) is 5.50. The Morgan fingerprint density at radius 3 is 2.39 bits per heavy atom. The van der Waals surface area contributed by atoms with Crippen molar-refractivity contribution >= 4 is 29.8 Å². The lowest BCUT2D eigenvalue weighted by Gasteiger charge is -2.23. The highest BCUT2D eigenvalue weighted by molar-refractivity contribution is 5.97. The van der Waals surface area contributed by atoms with Crippen molar-refractivity contribution in [1.82, 2.24) is 15.6 Å². The van der Waals surface area contributed by atoms with Gasteiger partial charge in [0.1, 0.15) is 18.2 Å². The molecular formula is C27H36N4O7. The molecule has 1 aromatic heterocycles. The van der Waals surface area contributed by atoms with Crippen LogP contribution in [0.2, 0.25) is 0 Å². The quantitative estimate of drug-likeness (QED) is 0.215. The lowest BCUT2D eigenvalue weighted by molar-refractivity contribution is -0.140. The van der Waals surface area contributed by atoms with Gasteiger partial charge in [0, 0.05) is 31.0 Å². The highest BCUT2D eigenvalue weighted by Gasteiger charge is 2.25. The molecule has 1 atom stereocenters. The largest absolute Gasteiger partial charge is 0.469 e. The number of pyridine rings is 1. The zero-order valence-electron chi connectivity index (χ0n) is 22.2. The van der Waals surface area contributed by atoms with E-state index in [-0.39, 0.29) is 32.0 Å². The van der Waals surface area contributed by atoms with Gasteiger partial charge in [0.25, 0.3) is 0 Å². The number of nitrogens with one attached hydrogen (secondary N) is 3. The number of alkyl carbamates (subject to hydrolysis) is 2. The Balaban J connectivity index is 1.96. The SMILES string of the molecule is COC(=O)CCc1ccccc1NC(=O)[C@H](CCCNC(=O)OCc1ccncc1)NC(=O)OC(C)(C)C. The maximum absolute atomic E-state index is 13.2. The summed E-state index contributed by atoms with van der Waals surface area (Å²) in [5.74, 6) is -0.816. The van der Waals surface area contributed by atoms with Gasteiger partial charge in [-0.25, -0.2) is 9.59 Å². The summed E-state index contributed by atoms with van der Waals surface area (Å²) in [5, 5.41) is 8.07. The third-order valence-corrected chi connectivity index (χ3v) is 5.17. The smallest absolute Gasteiger partial charge is 0.408 e. The molecule has 11 heteroatoms. The van der Waals surface area contributed by atoms with Crippen molar-refractivity contribution in [2.45, 2.75) is 64.7 Å². The number of benzene rings is 1. The first kappa shape index (κ1) is 30.1. The summed E-state index contributed by atoms with van der Waals surface area (Å²) < 4.78 is 15.2. The van der Waals surface area contributed by atoms with Gasteiger partial charge in [-0.2, -0.15) is 0 Å². The first-order chi connectivity index (χ1) is 18.1. The van der Waals surface area contributed by atoms with E-state index in [1.54, 1.807) is 69.6 Å². The maximum Gasteiger partial charge on any atom is 0.408 e. The first-order valence-corrected chi connectivity index (χ1v) is 12.3. The van der Waals surface area contributed by atoms with Gasteiger partial charge in [-0.05, 0) is 69.4 Å². The van der Waals surface area contributed by atoms with Gasteiger partial charge in [0.05, 0.1) is 7.11 Å². The monoisotopic (exact) mass is 528 g/mol. The molecule has 0 spiro atoms. The fourth-order valence-corrected chi connectivity index (χ4v) is 3.31. The molecule has 0 aliphatic rings. The minimum atomic E-state index is -0.937. The molecule has 1 aromatic carbocycles. The number of para-hydroxylation sites is 1. The van der Waals surface area contributed by atoms with Crippen LogP contribution in [0.5, 0.6) is 0 Å². The molecule has 3 amide bonds. The van der Waals surface area contributed by atoms with E-state index in [0.29, 0.717) is 18.5 Å². The highest BCUT2D eigenvalue weighted by atomic mass is 16.6.